The van der Waals surface area contributed by atoms with Gasteiger partial charge in [0.25, 0.3) is 0 Å². The number of carboxylic acid groups (broad SMARTS) is 1. The van der Waals surface area contributed by atoms with E-state index in [1.54, 1.807) is 0 Å². The number of hydrogen-bond donors (Lipinski definition) is 1. The number of aliphatic carboxylic acids is 1. The molecular weight excluding hydrogens is 202 g/mol. The summed E-state index contributed by atoms with van der Waals surface area (Å²) in [6.45, 7) is 2.87. The highest BCUT2D eigenvalue weighted by Crippen LogP contribution is 2.34. The smallest absolute Gasteiger partial charge is 0.312 e. The number of nitrogens with zero attached hydrogens (tertiary/aromatic N) is 1. The first-order valence-electron chi connectivity index (χ1n) is 5.49. The Balaban J connectivity index is 2.24. The molecule has 1 aromatic carbocycles. The zero-order valence-electron chi connectivity index (χ0n) is 9.10. The molecule has 1 unspecified atom stereocenters. The largest absolute Gasteiger partial charge is 0.481 e. The SMILES string of the molecule is Cc1ccc2c(c1)cc1n2CCC1C(=O)O. The number of carboxylic acids is 1. The first kappa shape index (κ1) is 9.46. The van der Waals surface area contributed by atoms with E-state index in [9.17, 15) is 4.79 Å². The van der Waals surface area contributed by atoms with Gasteiger partial charge >= 0.3 is 5.97 Å². The van der Waals surface area contributed by atoms with Gasteiger partial charge in [0, 0.05) is 23.1 Å². The van der Waals surface area contributed by atoms with Crippen molar-refractivity contribution in [1.82, 2.24) is 4.57 Å². The molecule has 0 saturated carbocycles. The molecule has 0 spiro atoms. The van der Waals surface area contributed by atoms with Crippen LogP contribution in [0.25, 0.3) is 10.9 Å². The quantitative estimate of drug-likeness (QED) is 0.794. The van der Waals surface area contributed by atoms with E-state index < -0.39 is 5.97 Å². The molecule has 0 aliphatic carbocycles. The highest BCUT2D eigenvalue weighted by atomic mass is 16.4. The summed E-state index contributed by atoms with van der Waals surface area (Å²) < 4.78 is 2.13. The Morgan fingerprint density at radius 1 is 1.44 bits per heavy atom. The molecule has 1 aliphatic rings. The molecule has 1 atom stereocenters. The summed E-state index contributed by atoms with van der Waals surface area (Å²) in [7, 11) is 0. The maximum absolute atomic E-state index is 11.1. The molecule has 0 amide bonds. The van der Waals surface area contributed by atoms with Crippen LogP contribution >= 0.6 is 0 Å². The lowest BCUT2D eigenvalue weighted by atomic mass is 10.0. The van der Waals surface area contributed by atoms with Crippen LogP contribution in [-0.4, -0.2) is 15.6 Å². The molecule has 1 aliphatic heterocycles. The Morgan fingerprint density at radius 3 is 3.00 bits per heavy atom. The van der Waals surface area contributed by atoms with E-state index in [1.807, 2.05) is 6.07 Å². The van der Waals surface area contributed by atoms with Crippen LogP contribution < -0.4 is 0 Å². The van der Waals surface area contributed by atoms with E-state index in [1.165, 1.54) is 5.56 Å². The fourth-order valence-corrected chi connectivity index (χ4v) is 2.61. The molecule has 3 heteroatoms. The van der Waals surface area contributed by atoms with Crippen molar-refractivity contribution >= 4 is 16.9 Å². The normalized spacial score (nSPS) is 18.9. The van der Waals surface area contributed by atoms with Crippen LogP contribution in [0, 0.1) is 6.92 Å². The zero-order chi connectivity index (χ0) is 11.3. The fraction of sp³-hybridized carbons (Fsp3) is 0.308. The van der Waals surface area contributed by atoms with Gasteiger partial charge in [0.1, 0.15) is 0 Å². The molecule has 82 valence electrons. The second-order valence-corrected chi connectivity index (χ2v) is 4.46. The van der Waals surface area contributed by atoms with Gasteiger partial charge in [-0.15, -0.1) is 0 Å². The average molecular weight is 215 g/mol. The number of carbonyl (C=O) groups is 1. The third kappa shape index (κ3) is 1.18. The molecule has 1 N–H and O–H groups in total. The lowest BCUT2D eigenvalue weighted by Gasteiger charge is -2.00. The third-order valence-electron chi connectivity index (χ3n) is 3.39. The summed E-state index contributed by atoms with van der Waals surface area (Å²) in [5, 5.41) is 10.3. The Kier molecular flexibility index (Phi) is 1.84. The predicted octanol–water partition coefficient (Wildman–Crippen LogP) is 2.52. The summed E-state index contributed by atoms with van der Waals surface area (Å²) >= 11 is 0. The van der Waals surface area contributed by atoms with E-state index in [0.29, 0.717) is 6.42 Å². The molecule has 3 rings (SSSR count). The van der Waals surface area contributed by atoms with Crippen LogP contribution in [-0.2, 0) is 11.3 Å². The van der Waals surface area contributed by atoms with Gasteiger partial charge in [-0.3, -0.25) is 4.79 Å². The summed E-state index contributed by atoms with van der Waals surface area (Å²) in [6, 6.07) is 8.29. The first-order valence-corrected chi connectivity index (χ1v) is 5.49. The minimum absolute atomic E-state index is 0.326. The highest BCUT2D eigenvalue weighted by Gasteiger charge is 2.29. The van der Waals surface area contributed by atoms with Crippen LogP contribution in [0.3, 0.4) is 0 Å². The Bertz CT molecular complexity index is 583. The Labute approximate surface area is 93.3 Å². The van der Waals surface area contributed by atoms with Crippen LogP contribution in [0.5, 0.6) is 0 Å². The summed E-state index contributed by atoms with van der Waals surface area (Å²) in [6.07, 6.45) is 0.717. The van der Waals surface area contributed by atoms with Gasteiger partial charge in [0.15, 0.2) is 0 Å². The number of aromatic nitrogens is 1. The molecule has 0 fully saturated rings. The van der Waals surface area contributed by atoms with E-state index in [0.717, 1.165) is 23.1 Å². The second-order valence-electron chi connectivity index (χ2n) is 4.46. The van der Waals surface area contributed by atoms with Crippen molar-refractivity contribution in [3.63, 3.8) is 0 Å². The molecule has 0 radical (unpaired) electrons. The van der Waals surface area contributed by atoms with Gasteiger partial charge < -0.3 is 9.67 Å². The van der Waals surface area contributed by atoms with E-state index in [-0.39, 0.29) is 5.92 Å². The van der Waals surface area contributed by atoms with Crippen LogP contribution in [0.15, 0.2) is 24.3 Å². The van der Waals surface area contributed by atoms with Gasteiger partial charge in [0.05, 0.1) is 5.92 Å². The van der Waals surface area contributed by atoms with Crippen molar-refractivity contribution in [2.45, 2.75) is 25.8 Å². The molecule has 0 bridgehead atoms. The topological polar surface area (TPSA) is 42.2 Å². The van der Waals surface area contributed by atoms with Gasteiger partial charge in [-0.1, -0.05) is 11.6 Å². The molecular formula is C13H13NO2. The van der Waals surface area contributed by atoms with Crippen LogP contribution in [0.2, 0.25) is 0 Å². The number of aryl methyl sites for hydroxylation is 2. The molecule has 2 aromatic rings. The lowest BCUT2D eigenvalue weighted by molar-refractivity contribution is -0.138. The summed E-state index contributed by atoms with van der Waals surface area (Å²) in [5.74, 6) is -1.04. The predicted molar refractivity (Wildman–Crippen MR) is 61.7 cm³/mol. The Hall–Kier alpha value is -1.77. The lowest BCUT2D eigenvalue weighted by Crippen LogP contribution is -2.07. The first-order chi connectivity index (χ1) is 7.66. The molecule has 3 nitrogen and oxygen atoms in total. The summed E-state index contributed by atoms with van der Waals surface area (Å²) in [5.41, 5.74) is 3.32. The van der Waals surface area contributed by atoms with Crippen molar-refractivity contribution < 1.29 is 9.90 Å². The number of benzene rings is 1. The van der Waals surface area contributed by atoms with Crippen LogP contribution in [0.1, 0.15) is 23.6 Å². The maximum atomic E-state index is 11.1. The maximum Gasteiger partial charge on any atom is 0.312 e. The van der Waals surface area contributed by atoms with E-state index >= 15 is 0 Å². The monoisotopic (exact) mass is 215 g/mol. The van der Waals surface area contributed by atoms with Gasteiger partial charge in [-0.25, -0.2) is 0 Å². The fourth-order valence-electron chi connectivity index (χ4n) is 2.61. The van der Waals surface area contributed by atoms with Crippen molar-refractivity contribution in [3.8, 4) is 0 Å². The molecule has 1 aromatic heterocycles. The second kappa shape index (κ2) is 3.11. The summed E-state index contributed by atoms with van der Waals surface area (Å²) in [4.78, 5) is 11.1. The number of fused-ring (bicyclic) bond motifs is 3. The van der Waals surface area contributed by atoms with E-state index in [4.69, 9.17) is 5.11 Å². The minimum Gasteiger partial charge on any atom is -0.481 e. The average Bonchev–Trinajstić information content (AvgIpc) is 2.74. The Morgan fingerprint density at radius 2 is 2.25 bits per heavy atom. The standard InChI is InChI=1S/C13H13NO2/c1-8-2-3-11-9(6-8)7-12-10(13(15)16)4-5-14(11)12/h2-3,6-7,10H,4-5H2,1H3,(H,15,16). The van der Waals surface area contributed by atoms with Crippen molar-refractivity contribution in [2.24, 2.45) is 0 Å². The van der Waals surface area contributed by atoms with E-state index in [2.05, 4.69) is 29.7 Å². The number of rotatable bonds is 1. The van der Waals surface area contributed by atoms with Crippen molar-refractivity contribution in [1.29, 1.82) is 0 Å². The third-order valence-corrected chi connectivity index (χ3v) is 3.39. The van der Waals surface area contributed by atoms with Crippen molar-refractivity contribution in [2.75, 3.05) is 0 Å². The molecule has 0 saturated heterocycles. The van der Waals surface area contributed by atoms with Crippen LogP contribution in [0.4, 0.5) is 0 Å². The molecule has 16 heavy (non-hydrogen) atoms. The highest BCUT2D eigenvalue weighted by molar-refractivity contribution is 5.86. The van der Waals surface area contributed by atoms with Gasteiger partial charge in [-0.2, -0.15) is 0 Å². The zero-order valence-corrected chi connectivity index (χ0v) is 9.10. The minimum atomic E-state index is -0.710. The van der Waals surface area contributed by atoms with Crippen molar-refractivity contribution in [3.05, 3.63) is 35.5 Å². The number of hydrogen-bond acceptors (Lipinski definition) is 1. The van der Waals surface area contributed by atoms with Gasteiger partial charge in [-0.05, 0) is 31.5 Å². The molecule has 2 heterocycles. The van der Waals surface area contributed by atoms with Gasteiger partial charge in [0.2, 0.25) is 0 Å².